The third-order valence-corrected chi connectivity index (χ3v) is 8.90. The van der Waals surface area contributed by atoms with E-state index in [1.54, 1.807) is 6.08 Å². The number of phenols is 2. The number of rotatable bonds is 18. The standard InChI is InChI=1S/C44H42N6O12/c1-5-29(51)16-6-24(2)7-21-35(52)46-27-12-8-26(9-13-27)41(56)50-34(22-23-45)43(58)47-28-14-10-25(11-15-28)40(55)48-32-19-17-30(36(53)38(32)61-3)42(57)49-33-20-18-31(44(59)60)37(54)39(33)62-4/h5-6,8-20,34,51,53-54H,1,7,21-22H2,2-4H3,(H,46,52)(H,47,58)(H,48,55)(H,49,57)(H,50,56)(H,59,60)/b24-6+,29-16+. The summed E-state index contributed by atoms with van der Waals surface area (Å²) >= 11 is 0. The fraction of sp³-hybridized carbons (Fsp3) is 0.159. The van der Waals surface area contributed by atoms with Crippen LogP contribution in [0.25, 0.3) is 0 Å². The van der Waals surface area contributed by atoms with E-state index in [9.17, 15) is 54.5 Å². The molecule has 0 spiro atoms. The van der Waals surface area contributed by atoms with Gasteiger partial charge in [0.1, 0.15) is 17.4 Å². The first-order chi connectivity index (χ1) is 29.6. The number of nitrogens with zero attached hydrogens (tertiary/aromatic N) is 1. The molecule has 0 radical (unpaired) electrons. The Hall–Kier alpha value is -8.59. The Kier molecular flexibility index (Phi) is 15.9. The summed E-state index contributed by atoms with van der Waals surface area (Å²) in [5.74, 6) is -6.58. The van der Waals surface area contributed by atoms with E-state index < -0.39 is 52.7 Å². The molecule has 62 heavy (non-hydrogen) atoms. The van der Waals surface area contributed by atoms with Crippen LogP contribution in [0, 0.1) is 11.3 Å². The first-order valence-corrected chi connectivity index (χ1v) is 18.4. The molecule has 0 saturated carbocycles. The zero-order chi connectivity index (χ0) is 45.5. The van der Waals surface area contributed by atoms with Crippen molar-refractivity contribution in [3.05, 3.63) is 131 Å². The van der Waals surface area contributed by atoms with Crippen molar-refractivity contribution in [3.63, 3.8) is 0 Å². The van der Waals surface area contributed by atoms with Gasteiger partial charge in [0, 0.05) is 28.9 Å². The number of nitriles is 1. The number of methoxy groups -OCH3 is 2. The van der Waals surface area contributed by atoms with Crippen LogP contribution >= 0.6 is 0 Å². The summed E-state index contributed by atoms with van der Waals surface area (Å²) in [6, 6.07) is 16.8. The van der Waals surface area contributed by atoms with Crippen LogP contribution in [-0.2, 0) is 9.59 Å². The lowest BCUT2D eigenvalue weighted by atomic mass is 10.1. The summed E-state index contributed by atoms with van der Waals surface area (Å²) in [4.78, 5) is 76.2. The Morgan fingerprint density at radius 1 is 0.694 bits per heavy atom. The van der Waals surface area contributed by atoms with Crippen LogP contribution in [-0.4, -0.2) is 76.2 Å². The Balaban J connectivity index is 1.35. The van der Waals surface area contributed by atoms with E-state index in [0.717, 1.165) is 18.7 Å². The first-order valence-electron chi connectivity index (χ1n) is 18.4. The number of carboxylic acid groups (broad SMARTS) is 1. The van der Waals surface area contributed by atoms with E-state index in [4.69, 9.17) is 9.47 Å². The van der Waals surface area contributed by atoms with Crippen molar-refractivity contribution in [1.82, 2.24) is 5.32 Å². The fourth-order valence-corrected chi connectivity index (χ4v) is 5.59. The largest absolute Gasteiger partial charge is 0.508 e. The van der Waals surface area contributed by atoms with Gasteiger partial charge in [0.2, 0.25) is 11.8 Å². The van der Waals surface area contributed by atoms with Crippen LogP contribution in [0.2, 0.25) is 0 Å². The zero-order valence-corrected chi connectivity index (χ0v) is 33.6. The molecule has 9 N–H and O–H groups in total. The average Bonchev–Trinajstić information content (AvgIpc) is 3.25. The van der Waals surface area contributed by atoms with E-state index in [0.29, 0.717) is 12.1 Å². The molecule has 4 rings (SSSR count). The minimum absolute atomic E-state index is 0.00671. The Labute approximate surface area is 354 Å². The number of aromatic hydroxyl groups is 2. The summed E-state index contributed by atoms with van der Waals surface area (Å²) < 4.78 is 10.3. The second kappa shape index (κ2) is 21.4. The number of carbonyl (C=O) groups is 6. The van der Waals surface area contributed by atoms with Gasteiger partial charge in [0.15, 0.2) is 23.0 Å². The normalized spacial score (nSPS) is 11.5. The molecule has 18 heteroatoms. The Bertz CT molecular complexity index is 2490. The molecule has 18 nitrogen and oxygen atoms in total. The van der Waals surface area contributed by atoms with Gasteiger partial charge >= 0.3 is 5.97 Å². The maximum absolute atomic E-state index is 13.2. The summed E-state index contributed by atoms with van der Waals surface area (Å²) in [7, 11) is 2.35. The zero-order valence-electron chi connectivity index (χ0n) is 33.6. The minimum atomic E-state index is -1.43. The molecule has 1 atom stereocenters. The van der Waals surface area contributed by atoms with Gasteiger partial charge in [-0.25, -0.2) is 4.79 Å². The maximum atomic E-state index is 13.2. The highest BCUT2D eigenvalue weighted by Gasteiger charge is 2.25. The smallest absolute Gasteiger partial charge is 0.339 e. The lowest BCUT2D eigenvalue weighted by molar-refractivity contribution is -0.118. The predicted molar refractivity (Wildman–Crippen MR) is 228 cm³/mol. The number of aliphatic hydroxyl groups is 1. The van der Waals surface area contributed by atoms with Crippen molar-refractivity contribution in [2.45, 2.75) is 32.2 Å². The highest BCUT2D eigenvalue weighted by molar-refractivity contribution is 6.10. The second-order valence-corrected chi connectivity index (χ2v) is 13.2. The SMILES string of the molecule is C=C/C(O)=C\C=C(/C)CCC(=O)Nc1ccc(C(=O)NC(CC#N)C(=O)Nc2ccc(C(=O)Nc3ccc(C(=O)Nc4ccc(C(=O)O)c(O)c4OC)c(O)c3OC)cc2)cc1. The quantitative estimate of drug-likeness (QED) is 0.0395. The van der Waals surface area contributed by atoms with Gasteiger partial charge < -0.3 is 56.5 Å². The van der Waals surface area contributed by atoms with Crippen LogP contribution in [0.4, 0.5) is 22.7 Å². The number of hydrogen-bond donors (Lipinski definition) is 9. The van der Waals surface area contributed by atoms with Crippen LogP contribution in [0.5, 0.6) is 23.0 Å². The molecule has 4 aromatic carbocycles. The number of benzene rings is 4. The molecule has 0 aromatic heterocycles. The molecule has 0 saturated heterocycles. The number of hydrogen-bond acceptors (Lipinski definition) is 12. The molecule has 0 bridgehead atoms. The molecule has 4 aromatic rings. The van der Waals surface area contributed by atoms with E-state index >= 15 is 0 Å². The van der Waals surface area contributed by atoms with Crippen LogP contribution in [0.3, 0.4) is 0 Å². The van der Waals surface area contributed by atoms with Gasteiger partial charge in [-0.15, -0.1) is 0 Å². The van der Waals surface area contributed by atoms with Gasteiger partial charge in [0.05, 0.1) is 43.6 Å². The summed E-state index contributed by atoms with van der Waals surface area (Å²) in [6.45, 7) is 5.27. The Morgan fingerprint density at radius 3 is 1.74 bits per heavy atom. The third kappa shape index (κ3) is 12.0. The van der Waals surface area contributed by atoms with Crippen molar-refractivity contribution in [3.8, 4) is 29.1 Å². The number of aliphatic hydroxyl groups excluding tert-OH is 1. The van der Waals surface area contributed by atoms with E-state index in [1.165, 1.54) is 86.0 Å². The number of anilines is 4. The first kappa shape index (κ1) is 46.1. The van der Waals surface area contributed by atoms with E-state index in [2.05, 4.69) is 33.2 Å². The summed E-state index contributed by atoms with van der Waals surface area (Å²) in [6.07, 6.45) is 4.71. The molecule has 320 valence electrons. The highest BCUT2D eigenvalue weighted by Crippen LogP contribution is 2.40. The number of phenolic OH excluding ortho intramolecular Hbond substituents is 1. The van der Waals surface area contributed by atoms with Crippen molar-refractivity contribution in [2.24, 2.45) is 0 Å². The molecule has 0 aliphatic heterocycles. The average molecular weight is 847 g/mol. The van der Waals surface area contributed by atoms with Gasteiger partial charge in [-0.2, -0.15) is 5.26 Å². The number of amides is 5. The van der Waals surface area contributed by atoms with E-state index in [-0.39, 0.29) is 69.8 Å². The Morgan fingerprint density at radius 2 is 1.21 bits per heavy atom. The highest BCUT2D eigenvalue weighted by atomic mass is 16.5. The van der Waals surface area contributed by atoms with Crippen molar-refractivity contribution in [2.75, 3.05) is 35.5 Å². The molecule has 0 aliphatic rings. The molecule has 1 unspecified atom stereocenters. The number of carboxylic acids is 1. The summed E-state index contributed by atoms with van der Waals surface area (Å²) in [5.41, 5.74) is 0.917. The van der Waals surface area contributed by atoms with Crippen LogP contribution in [0.15, 0.2) is 109 Å². The van der Waals surface area contributed by atoms with Crippen LogP contribution in [0.1, 0.15) is 67.6 Å². The molecular weight excluding hydrogens is 805 g/mol. The van der Waals surface area contributed by atoms with Crippen molar-refractivity contribution >= 4 is 58.3 Å². The van der Waals surface area contributed by atoms with Crippen molar-refractivity contribution in [1.29, 1.82) is 5.26 Å². The van der Waals surface area contributed by atoms with Crippen molar-refractivity contribution < 1.29 is 58.7 Å². The number of carbonyl (C=O) groups excluding carboxylic acids is 5. The molecule has 0 aliphatic carbocycles. The molecule has 0 fully saturated rings. The lowest BCUT2D eigenvalue weighted by Crippen LogP contribution is -2.43. The second-order valence-electron chi connectivity index (χ2n) is 13.2. The van der Waals surface area contributed by atoms with Gasteiger partial charge in [0.25, 0.3) is 17.7 Å². The topological polar surface area (TPSA) is 286 Å². The number of ether oxygens (including phenoxy) is 2. The summed E-state index contributed by atoms with van der Waals surface area (Å²) in [5, 5.41) is 62.1. The molecule has 0 heterocycles. The number of aromatic carboxylic acids is 1. The van der Waals surface area contributed by atoms with Crippen LogP contribution < -0.4 is 36.1 Å². The molecule has 5 amide bonds. The predicted octanol–water partition coefficient (Wildman–Crippen LogP) is 6.26. The minimum Gasteiger partial charge on any atom is -0.508 e. The van der Waals surface area contributed by atoms with E-state index in [1.807, 2.05) is 13.0 Å². The maximum Gasteiger partial charge on any atom is 0.339 e. The third-order valence-electron chi connectivity index (χ3n) is 8.90. The van der Waals surface area contributed by atoms with Gasteiger partial charge in [-0.1, -0.05) is 18.2 Å². The van der Waals surface area contributed by atoms with Gasteiger partial charge in [-0.3, -0.25) is 24.0 Å². The molecular formula is C44H42N6O12. The number of allylic oxidation sites excluding steroid dienone is 4. The number of nitrogens with one attached hydrogen (secondary N) is 5. The monoisotopic (exact) mass is 846 g/mol. The fourth-order valence-electron chi connectivity index (χ4n) is 5.59. The lowest BCUT2D eigenvalue weighted by Gasteiger charge is -2.17. The van der Waals surface area contributed by atoms with Gasteiger partial charge in [-0.05, 0) is 98.3 Å².